The summed E-state index contributed by atoms with van der Waals surface area (Å²) in [5.41, 5.74) is -0.00734. The number of pyridine rings is 1. The van der Waals surface area contributed by atoms with Crippen LogP contribution >= 0.6 is 22.6 Å². The highest BCUT2D eigenvalue weighted by Gasteiger charge is 2.35. The van der Waals surface area contributed by atoms with E-state index in [1.165, 1.54) is 13.0 Å². The molecule has 0 aliphatic rings. The van der Waals surface area contributed by atoms with Gasteiger partial charge in [0.25, 0.3) is 0 Å². The van der Waals surface area contributed by atoms with E-state index in [-0.39, 0.29) is 15.7 Å². The summed E-state index contributed by atoms with van der Waals surface area (Å²) in [5.74, 6) is -1.68. The number of nitrogens with zero attached hydrogens (tertiary/aromatic N) is 1. The van der Waals surface area contributed by atoms with Crippen LogP contribution in [0.25, 0.3) is 0 Å². The maximum absolute atomic E-state index is 12.2. The van der Waals surface area contributed by atoms with Crippen molar-refractivity contribution in [2.45, 2.75) is 20.2 Å². The lowest BCUT2D eigenvalue weighted by molar-refractivity contribution is -0.276. The van der Waals surface area contributed by atoms with Gasteiger partial charge in [0, 0.05) is 9.26 Å². The van der Waals surface area contributed by atoms with Gasteiger partial charge in [0.15, 0.2) is 0 Å². The van der Waals surface area contributed by atoms with Gasteiger partial charge >= 0.3 is 12.3 Å². The molecule has 1 aromatic rings. The minimum Gasteiger partial charge on any atom is -0.462 e. The van der Waals surface area contributed by atoms with E-state index < -0.39 is 18.2 Å². The maximum Gasteiger partial charge on any atom is 0.574 e. The van der Waals surface area contributed by atoms with Gasteiger partial charge in [-0.05, 0) is 42.5 Å². The first-order chi connectivity index (χ1) is 8.24. The molecule has 0 spiro atoms. The monoisotopic (exact) mass is 375 g/mol. The predicted molar refractivity (Wildman–Crippen MR) is 64.3 cm³/mol. The number of hydrogen-bond donors (Lipinski definition) is 0. The summed E-state index contributed by atoms with van der Waals surface area (Å²) in [4.78, 5) is 15.1. The summed E-state index contributed by atoms with van der Waals surface area (Å²) in [5, 5.41) is 0. The van der Waals surface area contributed by atoms with Gasteiger partial charge in [-0.15, -0.1) is 13.2 Å². The van der Waals surface area contributed by atoms with Gasteiger partial charge in [-0.3, -0.25) is 0 Å². The third-order valence-electron chi connectivity index (χ3n) is 1.76. The first-order valence-corrected chi connectivity index (χ1v) is 5.92. The molecule has 8 heteroatoms. The molecule has 0 fully saturated rings. The minimum atomic E-state index is -4.91. The van der Waals surface area contributed by atoms with E-state index in [1.807, 2.05) is 0 Å². The van der Waals surface area contributed by atoms with E-state index in [1.54, 1.807) is 29.5 Å². The number of carbonyl (C=O) groups is 1. The maximum atomic E-state index is 12.2. The molecule has 0 amide bonds. The fourth-order valence-electron chi connectivity index (χ4n) is 1.18. The number of ether oxygens (including phenoxy) is 2. The zero-order valence-electron chi connectivity index (χ0n) is 9.47. The molecule has 0 bridgehead atoms. The normalized spacial score (nSPS) is 11.2. The molecule has 0 aliphatic carbocycles. The molecule has 0 aliphatic heterocycles. The van der Waals surface area contributed by atoms with Crippen LogP contribution in [-0.2, 0) is 4.74 Å². The second-order valence-corrected chi connectivity index (χ2v) is 4.36. The van der Waals surface area contributed by atoms with Gasteiger partial charge in [-0.25, -0.2) is 9.78 Å². The molecule has 0 saturated heterocycles. The lowest BCUT2D eigenvalue weighted by Gasteiger charge is -2.13. The molecule has 1 heterocycles. The number of esters is 1. The Morgan fingerprint density at radius 2 is 2.11 bits per heavy atom. The van der Waals surface area contributed by atoms with Crippen molar-refractivity contribution in [2.75, 3.05) is 6.61 Å². The third kappa shape index (κ3) is 4.00. The topological polar surface area (TPSA) is 48.4 Å². The van der Waals surface area contributed by atoms with Crippen LogP contribution in [-0.4, -0.2) is 23.9 Å². The highest BCUT2D eigenvalue weighted by atomic mass is 127. The van der Waals surface area contributed by atoms with Crippen LogP contribution < -0.4 is 4.74 Å². The van der Waals surface area contributed by atoms with Crippen LogP contribution in [0, 0.1) is 10.5 Å². The molecule has 0 atom stereocenters. The molecular weight excluding hydrogens is 366 g/mol. The van der Waals surface area contributed by atoms with Gasteiger partial charge in [0.05, 0.1) is 6.61 Å². The summed E-state index contributed by atoms with van der Waals surface area (Å²) in [7, 11) is 0. The molecule has 0 radical (unpaired) electrons. The van der Waals surface area contributed by atoms with Crippen molar-refractivity contribution >= 4 is 28.6 Å². The molecule has 0 aromatic carbocycles. The van der Waals surface area contributed by atoms with Crippen LogP contribution in [0.1, 0.15) is 23.0 Å². The largest absolute Gasteiger partial charge is 0.574 e. The molecule has 1 rings (SSSR count). The van der Waals surface area contributed by atoms with Crippen LogP contribution in [0.4, 0.5) is 13.2 Å². The lowest BCUT2D eigenvalue weighted by atomic mass is 10.2. The fraction of sp³-hybridized carbons (Fsp3) is 0.400. The third-order valence-corrected chi connectivity index (χ3v) is 2.61. The van der Waals surface area contributed by atoms with Crippen molar-refractivity contribution in [3.8, 4) is 5.88 Å². The average molecular weight is 375 g/mol. The number of alkyl halides is 3. The molecule has 18 heavy (non-hydrogen) atoms. The highest BCUT2D eigenvalue weighted by molar-refractivity contribution is 14.1. The van der Waals surface area contributed by atoms with Crippen molar-refractivity contribution in [2.24, 2.45) is 0 Å². The summed E-state index contributed by atoms with van der Waals surface area (Å²) < 4.78 is 45.4. The van der Waals surface area contributed by atoms with Gasteiger partial charge in [0.2, 0.25) is 5.88 Å². The first-order valence-electron chi connectivity index (χ1n) is 4.84. The summed E-state index contributed by atoms with van der Waals surface area (Å²) in [6, 6.07) is 1.47. The van der Waals surface area contributed by atoms with Crippen LogP contribution in [0.2, 0.25) is 0 Å². The standard InChI is InChI=1S/C10H9F3INO3/c1-3-17-9(16)7-6(14)4-5(2)15-8(7)18-10(11,12)13/h4H,3H2,1-2H3. The minimum absolute atomic E-state index is 0.0498. The zero-order chi connectivity index (χ0) is 13.9. The quantitative estimate of drug-likeness (QED) is 0.602. The number of halogens is 4. The Kier molecular flexibility index (Phi) is 4.77. The zero-order valence-corrected chi connectivity index (χ0v) is 11.6. The SMILES string of the molecule is CCOC(=O)c1c(I)cc(C)nc1OC(F)(F)F. The van der Waals surface area contributed by atoms with Gasteiger partial charge in [0.1, 0.15) is 5.56 Å². The van der Waals surface area contributed by atoms with E-state index in [0.29, 0.717) is 5.69 Å². The Labute approximate surface area is 115 Å². The molecule has 0 N–H and O–H groups in total. The number of aromatic nitrogens is 1. The van der Waals surface area contributed by atoms with E-state index in [2.05, 4.69) is 14.5 Å². The van der Waals surface area contributed by atoms with Crippen LogP contribution in [0.15, 0.2) is 6.07 Å². The van der Waals surface area contributed by atoms with Crippen molar-refractivity contribution in [3.63, 3.8) is 0 Å². The Balaban J connectivity index is 3.25. The Bertz CT molecular complexity index is 462. The molecule has 4 nitrogen and oxygen atoms in total. The Hall–Kier alpha value is -1.06. The fourth-order valence-corrected chi connectivity index (χ4v) is 2.08. The van der Waals surface area contributed by atoms with E-state index in [4.69, 9.17) is 0 Å². The Morgan fingerprint density at radius 1 is 1.50 bits per heavy atom. The van der Waals surface area contributed by atoms with E-state index in [0.717, 1.165) is 0 Å². The smallest absolute Gasteiger partial charge is 0.462 e. The Morgan fingerprint density at radius 3 is 2.61 bits per heavy atom. The molecule has 0 saturated carbocycles. The number of hydrogen-bond acceptors (Lipinski definition) is 4. The van der Waals surface area contributed by atoms with E-state index in [9.17, 15) is 18.0 Å². The molecule has 0 unspecified atom stereocenters. The lowest BCUT2D eigenvalue weighted by Crippen LogP contribution is -2.21. The van der Waals surface area contributed by atoms with Gasteiger partial charge < -0.3 is 9.47 Å². The van der Waals surface area contributed by atoms with Crippen molar-refractivity contribution < 1.29 is 27.4 Å². The van der Waals surface area contributed by atoms with Crippen molar-refractivity contribution in [1.82, 2.24) is 4.98 Å². The number of rotatable bonds is 3. The summed E-state index contributed by atoms with van der Waals surface area (Å²) in [6.07, 6.45) is -4.91. The van der Waals surface area contributed by atoms with Crippen LogP contribution in [0.3, 0.4) is 0 Å². The molecule has 100 valence electrons. The summed E-state index contributed by atoms with van der Waals surface area (Å²) in [6.45, 7) is 3.10. The number of aryl methyl sites for hydroxylation is 1. The highest BCUT2D eigenvalue weighted by Crippen LogP contribution is 2.28. The second kappa shape index (κ2) is 5.72. The van der Waals surface area contributed by atoms with Gasteiger partial charge in [-0.1, -0.05) is 0 Å². The van der Waals surface area contributed by atoms with Crippen LogP contribution in [0.5, 0.6) is 5.88 Å². The molecule has 1 aromatic heterocycles. The van der Waals surface area contributed by atoms with Gasteiger partial charge in [-0.2, -0.15) is 0 Å². The second-order valence-electron chi connectivity index (χ2n) is 3.19. The van der Waals surface area contributed by atoms with Crippen molar-refractivity contribution in [1.29, 1.82) is 0 Å². The van der Waals surface area contributed by atoms with Crippen molar-refractivity contribution in [3.05, 3.63) is 20.9 Å². The summed E-state index contributed by atoms with van der Waals surface area (Å²) >= 11 is 1.73. The average Bonchev–Trinajstić information content (AvgIpc) is 2.13. The first kappa shape index (κ1) is 15.0. The predicted octanol–water partition coefficient (Wildman–Crippen LogP) is 3.07. The number of carbonyl (C=O) groups excluding carboxylic acids is 1. The van der Waals surface area contributed by atoms with E-state index >= 15 is 0 Å². The molecular formula is C10H9F3INO3.